The lowest BCUT2D eigenvalue weighted by molar-refractivity contribution is 0.837. The predicted octanol–water partition coefficient (Wildman–Crippen LogP) is 1.72. The highest BCUT2D eigenvalue weighted by atomic mass is 35.5. The monoisotopic (exact) mass is 235 g/mol. The third-order valence-electron chi connectivity index (χ3n) is 2.11. The first-order valence-electron chi connectivity index (χ1n) is 4.80. The topological polar surface area (TPSA) is 76.6 Å². The Labute approximate surface area is 98.9 Å². The fraction of sp³-hybridized carbons (Fsp3) is 0.400. The average Bonchev–Trinajstić information content (AvgIpc) is 2.32. The van der Waals surface area contributed by atoms with Crippen molar-refractivity contribution in [3.8, 4) is 12.1 Å². The molecule has 0 spiro atoms. The molecule has 0 aliphatic heterocycles. The standard InChI is InChI=1S/C10H10ClN5/c1-3-16(4-2)10-9(11)14-7(5-12)8(6-13)15-10/h3-4H2,1-2H3. The van der Waals surface area contributed by atoms with E-state index in [2.05, 4.69) is 9.97 Å². The average molecular weight is 236 g/mol. The first-order valence-corrected chi connectivity index (χ1v) is 5.18. The third-order valence-corrected chi connectivity index (χ3v) is 2.36. The summed E-state index contributed by atoms with van der Waals surface area (Å²) in [6.45, 7) is 5.32. The van der Waals surface area contributed by atoms with Crippen molar-refractivity contribution in [1.29, 1.82) is 10.5 Å². The first-order chi connectivity index (χ1) is 7.67. The van der Waals surface area contributed by atoms with Crippen molar-refractivity contribution in [2.24, 2.45) is 0 Å². The quantitative estimate of drug-likeness (QED) is 0.797. The van der Waals surface area contributed by atoms with E-state index in [4.69, 9.17) is 22.1 Å². The van der Waals surface area contributed by atoms with Gasteiger partial charge in [-0.2, -0.15) is 10.5 Å². The number of nitriles is 2. The SMILES string of the molecule is CCN(CC)c1nc(C#N)c(C#N)nc1Cl. The molecule has 0 aliphatic rings. The lowest BCUT2D eigenvalue weighted by atomic mass is 10.3. The molecule has 0 N–H and O–H groups in total. The highest BCUT2D eigenvalue weighted by Gasteiger charge is 2.15. The molecule has 0 saturated carbocycles. The molecule has 1 rings (SSSR count). The van der Waals surface area contributed by atoms with Crippen LogP contribution in [-0.2, 0) is 0 Å². The van der Waals surface area contributed by atoms with Crippen molar-refractivity contribution in [3.05, 3.63) is 16.5 Å². The normalized spacial score (nSPS) is 9.31. The zero-order chi connectivity index (χ0) is 12.1. The van der Waals surface area contributed by atoms with Crippen molar-refractivity contribution < 1.29 is 0 Å². The number of aromatic nitrogens is 2. The Hall–Kier alpha value is -1.85. The van der Waals surface area contributed by atoms with Gasteiger partial charge in [-0.05, 0) is 13.8 Å². The van der Waals surface area contributed by atoms with Crippen molar-refractivity contribution in [2.75, 3.05) is 18.0 Å². The maximum Gasteiger partial charge on any atom is 0.179 e. The van der Waals surface area contributed by atoms with E-state index >= 15 is 0 Å². The summed E-state index contributed by atoms with van der Waals surface area (Å²) in [6, 6.07) is 3.63. The van der Waals surface area contributed by atoms with Crippen LogP contribution < -0.4 is 4.90 Å². The summed E-state index contributed by atoms with van der Waals surface area (Å²) in [5.74, 6) is 0.446. The molecule has 82 valence electrons. The van der Waals surface area contributed by atoms with E-state index in [1.807, 2.05) is 24.8 Å². The van der Waals surface area contributed by atoms with Gasteiger partial charge in [-0.15, -0.1) is 0 Å². The van der Waals surface area contributed by atoms with Gasteiger partial charge in [0.25, 0.3) is 0 Å². The Morgan fingerprint density at radius 1 is 1.12 bits per heavy atom. The third kappa shape index (κ3) is 2.21. The summed E-state index contributed by atoms with van der Waals surface area (Å²) >= 11 is 5.91. The summed E-state index contributed by atoms with van der Waals surface area (Å²) in [7, 11) is 0. The van der Waals surface area contributed by atoms with Crippen molar-refractivity contribution in [2.45, 2.75) is 13.8 Å². The molecule has 0 bridgehead atoms. The Morgan fingerprint density at radius 2 is 1.62 bits per heavy atom. The van der Waals surface area contributed by atoms with Gasteiger partial charge in [-0.25, -0.2) is 9.97 Å². The van der Waals surface area contributed by atoms with E-state index in [1.165, 1.54) is 0 Å². The molecule has 6 heteroatoms. The first kappa shape index (κ1) is 12.2. The summed E-state index contributed by atoms with van der Waals surface area (Å²) in [4.78, 5) is 9.78. The largest absolute Gasteiger partial charge is 0.355 e. The van der Waals surface area contributed by atoms with Gasteiger partial charge in [-0.3, -0.25) is 0 Å². The van der Waals surface area contributed by atoms with Crippen LogP contribution in [0.3, 0.4) is 0 Å². The highest BCUT2D eigenvalue weighted by molar-refractivity contribution is 6.31. The van der Waals surface area contributed by atoms with E-state index in [-0.39, 0.29) is 16.5 Å². The zero-order valence-corrected chi connectivity index (χ0v) is 9.78. The van der Waals surface area contributed by atoms with Crippen LogP contribution in [0.5, 0.6) is 0 Å². The number of hydrogen-bond acceptors (Lipinski definition) is 5. The van der Waals surface area contributed by atoms with Gasteiger partial charge in [0.1, 0.15) is 12.1 Å². The molecule has 0 unspecified atom stereocenters. The van der Waals surface area contributed by atoms with Gasteiger partial charge in [-0.1, -0.05) is 11.6 Å². The molecule has 1 aromatic heterocycles. The maximum atomic E-state index is 8.83. The van der Waals surface area contributed by atoms with E-state index in [1.54, 1.807) is 6.07 Å². The fourth-order valence-corrected chi connectivity index (χ4v) is 1.53. The van der Waals surface area contributed by atoms with Crippen molar-refractivity contribution in [3.63, 3.8) is 0 Å². The van der Waals surface area contributed by atoms with Crippen LogP contribution in [0.4, 0.5) is 5.82 Å². The number of hydrogen-bond donors (Lipinski definition) is 0. The van der Waals surface area contributed by atoms with Crippen molar-refractivity contribution in [1.82, 2.24) is 9.97 Å². The highest BCUT2D eigenvalue weighted by Crippen LogP contribution is 2.22. The van der Waals surface area contributed by atoms with Crippen LogP contribution >= 0.6 is 11.6 Å². The van der Waals surface area contributed by atoms with Crippen LogP contribution in [0.1, 0.15) is 25.2 Å². The number of anilines is 1. The lowest BCUT2D eigenvalue weighted by Crippen LogP contribution is -2.24. The molecular weight excluding hydrogens is 226 g/mol. The second-order valence-electron chi connectivity index (χ2n) is 2.93. The minimum Gasteiger partial charge on any atom is -0.355 e. The lowest BCUT2D eigenvalue weighted by Gasteiger charge is -2.20. The van der Waals surface area contributed by atoms with E-state index in [9.17, 15) is 0 Å². The molecule has 0 atom stereocenters. The smallest absolute Gasteiger partial charge is 0.179 e. The van der Waals surface area contributed by atoms with Gasteiger partial charge < -0.3 is 4.90 Å². The van der Waals surface area contributed by atoms with Crippen LogP contribution in [0, 0.1) is 22.7 Å². The zero-order valence-electron chi connectivity index (χ0n) is 9.03. The minimum atomic E-state index is -0.0385. The summed E-state index contributed by atoms with van der Waals surface area (Å²) in [6.07, 6.45) is 0. The molecule has 0 fully saturated rings. The Morgan fingerprint density at radius 3 is 2.06 bits per heavy atom. The molecule has 1 aromatic rings. The summed E-state index contributed by atoms with van der Waals surface area (Å²) in [5.41, 5.74) is -0.0304. The van der Waals surface area contributed by atoms with Gasteiger partial charge in [0, 0.05) is 13.1 Å². The van der Waals surface area contributed by atoms with Crippen molar-refractivity contribution >= 4 is 17.4 Å². The number of halogens is 1. The molecule has 0 saturated heterocycles. The fourth-order valence-electron chi connectivity index (χ4n) is 1.29. The number of nitrogens with zero attached hydrogens (tertiary/aromatic N) is 5. The molecule has 0 amide bonds. The van der Waals surface area contributed by atoms with Gasteiger partial charge in [0.05, 0.1) is 0 Å². The maximum absolute atomic E-state index is 8.83. The van der Waals surface area contributed by atoms with Gasteiger partial charge in [0.15, 0.2) is 22.4 Å². The van der Waals surface area contributed by atoms with Crippen LogP contribution in [-0.4, -0.2) is 23.1 Å². The second kappa shape index (κ2) is 5.29. The minimum absolute atomic E-state index is 0.00815. The Kier molecular flexibility index (Phi) is 4.04. The van der Waals surface area contributed by atoms with Crippen LogP contribution in [0.15, 0.2) is 0 Å². The molecule has 0 aliphatic carbocycles. The summed E-state index contributed by atoms with van der Waals surface area (Å²) < 4.78 is 0. The van der Waals surface area contributed by atoms with E-state index in [0.29, 0.717) is 18.9 Å². The molecule has 0 aromatic carbocycles. The second-order valence-corrected chi connectivity index (χ2v) is 3.29. The molecule has 0 radical (unpaired) electrons. The number of rotatable bonds is 3. The van der Waals surface area contributed by atoms with Crippen LogP contribution in [0.25, 0.3) is 0 Å². The van der Waals surface area contributed by atoms with Gasteiger partial charge >= 0.3 is 0 Å². The molecular formula is C10H10ClN5. The molecule has 5 nitrogen and oxygen atoms in total. The summed E-state index contributed by atoms with van der Waals surface area (Å²) in [5, 5.41) is 17.7. The molecule has 1 heterocycles. The van der Waals surface area contributed by atoms with Gasteiger partial charge in [0.2, 0.25) is 0 Å². The van der Waals surface area contributed by atoms with Crippen LogP contribution in [0.2, 0.25) is 5.15 Å². The Balaban J connectivity index is 3.34. The Bertz CT molecular complexity index is 467. The van der Waals surface area contributed by atoms with E-state index < -0.39 is 0 Å². The molecule has 16 heavy (non-hydrogen) atoms. The van der Waals surface area contributed by atoms with E-state index in [0.717, 1.165) is 0 Å². The predicted molar refractivity (Wildman–Crippen MR) is 60.0 cm³/mol.